The fourth-order valence-corrected chi connectivity index (χ4v) is 10.9. The summed E-state index contributed by atoms with van der Waals surface area (Å²) < 4.78 is 0.954. The second-order valence-electron chi connectivity index (χ2n) is 6.66. The first kappa shape index (κ1) is 13.3. The van der Waals surface area contributed by atoms with E-state index in [1.165, 1.54) is 12.0 Å². The molecule has 98 valence electrons. The van der Waals surface area contributed by atoms with Crippen molar-refractivity contribution in [2.45, 2.75) is 42.8 Å². The van der Waals surface area contributed by atoms with E-state index in [1.54, 1.807) is 0 Å². The lowest BCUT2D eigenvalue weighted by Gasteiger charge is -2.51. The van der Waals surface area contributed by atoms with E-state index in [2.05, 4.69) is 91.4 Å². The van der Waals surface area contributed by atoms with Crippen molar-refractivity contribution in [3.63, 3.8) is 0 Å². The Labute approximate surface area is 122 Å². The molecule has 2 heterocycles. The van der Waals surface area contributed by atoms with E-state index in [9.17, 15) is 0 Å². The Bertz CT molecular complexity index is 452. The molecule has 2 aliphatic heterocycles. The summed E-state index contributed by atoms with van der Waals surface area (Å²) in [5.74, 6) is 0. The number of thioether (sulfide) groups is 1. The molecule has 0 aromatic heterocycles. The Morgan fingerprint density at radius 2 is 1.72 bits per heavy atom. The largest absolute Gasteiger partial charge is 0.122 e. The summed E-state index contributed by atoms with van der Waals surface area (Å²) in [6.45, 7) is 9.76. The normalized spacial score (nSPS) is 36.6. The van der Waals surface area contributed by atoms with E-state index in [1.807, 2.05) is 0 Å². The van der Waals surface area contributed by atoms with Crippen LogP contribution in [0.2, 0.25) is 0 Å². The van der Waals surface area contributed by atoms with Crippen LogP contribution in [-0.4, -0.2) is 4.58 Å². The van der Waals surface area contributed by atoms with Gasteiger partial charge in [-0.3, -0.25) is 0 Å². The molecule has 0 saturated carbocycles. The van der Waals surface area contributed by atoms with Crippen LogP contribution in [0.15, 0.2) is 30.3 Å². The van der Waals surface area contributed by atoms with Gasteiger partial charge in [-0.1, -0.05) is 79.6 Å². The highest BCUT2D eigenvalue weighted by molar-refractivity contribution is 8.83. The molecule has 0 aliphatic carbocycles. The van der Waals surface area contributed by atoms with Crippen LogP contribution in [0, 0.1) is 10.8 Å². The van der Waals surface area contributed by atoms with Gasteiger partial charge < -0.3 is 0 Å². The first-order chi connectivity index (χ1) is 8.37. The van der Waals surface area contributed by atoms with Gasteiger partial charge in [-0.2, -0.15) is 0 Å². The van der Waals surface area contributed by atoms with E-state index < -0.39 is 0 Å². The monoisotopic (exact) mass is 296 g/mol. The molecule has 2 fully saturated rings. The van der Waals surface area contributed by atoms with E-state index >= 15 is 0 Å². The lowest BCUT2D eigenvalue weighted by Crippen LogP contribution is -2.44. The topological polar surface area (TPSA) is 0 Å². The average molecular weight is 297 g/mol. The fraction of sp³-hybridized carbons (Fsp3) is 0.600. The minimum atomic E-state index is 0.235. The summed E-state index contributed by atoms with van der Waals surface area (Å²) in [5, 5.41) is 0. The Morgan fingerprint density at radius 3 is 2.39 bits per heavy atom. The van der Waals surface area contributed by atoms with Crippen molar-refractivity contribution in [3.05, 3.63) is 35.9 Å². The molecule has 2 bridgehead atoms. The summed E-state index contributed by atoms with van der Waals surface area (Å²) in [5.41, 5.74) is 2.25. The van der Waals surface area contributed by atoms with Gasteiger partial charge in [0.15, 0.2) is 0 Å². The van der Waals surface area contributed by atoms with Gasteiger partial charge in [0, 0.05) is 0 Å². The van der Waals surface area contributed by atoms with Crippen molar-refractivity contribution < 1.29 is 0 Å². The molecule has 2 aliphatic rings. The Morgan fingerprint density at radius 1 is 1.06 bits per heavy atom. The van der Waals surface area contributed by atoms with Gasteiger partial charge in [0.05, 0.1) is 4.58 Å². The molecule has 0 radical (unpaired) electrons. The highest BCUT2D eigenvalue weighted by atomic mass is 33.1. The maximum absolute atomic E-state index is 2.45. The van der Waals surface area contributed by atoms with Gasteiger partial charge in [-0.25, -0.2) is 0 Å². The zero-order valence-electron chi connectivity index (χ0n) is 11.4. The summed E-state index contributed by atoms with van der Waals surface area (Å²) in [4.78, 5) is 0. The van der Waals surface area contributed by atoms with Crippen molar-refractivity contribution >= 4 is 33.3 Å². The summed E-state index contributed by atoms with van der Waals surface area (Å²) in [6.07, 6.45) is 1.30. The molecule has 3 heteroatoms. The van der Waals surface area contributed by atoms with E-state index in [-0.39, 0.29) is 4.08 Å². The van der Waals surface area contributed by atoms with Crippen molar-refractivity contribution in [1.29, 1.82) is 0 Å². The molecule has 0 N–H and O–H groups in total. The highest BCUT2D eigenvalue weighted by Crippen LogP contribution is 2.78. The highest BCUT2D eigenvalue weighted by Gasteiger charge is 2.61. The smallest absolute Gasteiger partial charge is 0.102 e. The van der Waals surface area contributed by atoms with Gasteiger partial charge in [-0.05, 0) is 22.8 Å². The summed E-state index contributed by atoms with van der Waals surface area (Å²) >= 11 is 2.19. The van der Waals surface area contributed by atoms with Gasteiger partial charge in [0.1, 0.15) is 4.08 Å². The zero-order valence-corrected chi connectivity index (χ0v) is 13.8. The number of hydrogen-bond acceptors (Lipinski definition) is 3. The third-order valence-corrected chi connectivity index (χ3v) is 11.4. The summed E-state index contributed by atoms with van der Waals surface area (Å²) in [6, 6.07) is 11.1. The quantitative estimate of drug-likeness (QED) is 0.606. The Kier molecular flexibility index (Phi) is 3.04. The van der Waals surface area contributed by atoms with E-state index in [0.717, 1.165) is 4.58 Å². The molecule has 0 amide bonds. The number of rotatable bonds is 1. The predicted octanol–water partition coefficient (Wildman–Crippen LogP) is 5.75. The van der Waals surface area contributed by atoms with Crippen molar-refractivity contribution in [1.82, 2.24) is 0 Å². The zero-order chi connectivity index (χ0) is 13.0. The standard InChI is InChI=1S/C15H20S3/c1-13(2)10-14(3,4)15(16-12(13)17-18-15)11-8-6-5-7-9-11/h5-9,12H,10H2,1-4H3. The molecular formula is C15H20S3. The second-order valence-corrected chi connectivity index (χ2v) is 11.1. The Hall–Kier alpha value is 0.270. The van der Waals surface area contributed by atoms with Crippen LogP contribution in [0.5, 0.6) is 0 Å². The molecule has 2 unspecified atom stereocenters. The molecule has 0 spiro atoms. The second kappa shape index (κ2) is 4.13. The van der Waals surface area contributed by atoms with Gasteiger partial charge >= 0.3 is 0 Å². The van der Waals surface area contributed by atoms with E-state index in [0.29, 0.717) is 10.8 Å². The Balaban J connectivity index is 2.08. The lowest BCUT2D eigenvalue weighted by molar-refractivity contribution is 0.179. The molecule has 0 nitrogen and oxygen atoms in total. The van der Waals surface area contributed by atoms with Gasteiger partial charge in [0.25, 0.3) is 0 Å². The van der Waals surface area contributed by atoms with E-state index in [4.69, 9.17) is 0 Å². The maximum Gasteiger partial charge on any atom is 0.102 e. The third-order valence-electron chi connectivity index (χ3n) is 4.11. The van der Waals surface area contributed by atoms with Crippen LogP contribution in [0.1, 0.15) is 39.7 Å². The van der Waals surface area contributed by atoms with Crippen molar-refractivity contribution in [3.8, 4) is 0 Å². The number of hydrogen-bond donors (Lipinski definition) is 0. The first-order valence-electron chi connectivity index (χ1n) is 6.45. The van der Waals surface area contributed by atoms with Crippen LogP contribution in [0.3, 0.4) is 0 Å². The van der Waals surface area contributed by atoms with Crippen molar-refractivity contribution in [2.75, 3.05) is 0 Å². The van der Waals surface area contributed by atoms with Gasteiger partial charge in [-0.15, -0.1) is 11.8 Å². The average Bonchev–Trinajstić information content (AvgIpc) is 2.73. The van der Waals surface area contributed by atoms with Crippen LogP contribution in [0.4, 0.5) is 0 Å². The minimum absolute atomic E-state index is 0.235. The maximum atomic E-state index is 2.45. The summed E-state index contributed by atoms with van der Waals surface area (Å²) in [7, 11) is 4.20. The number of benzene rings is 1. The van der Waals surface area contributed by atoms with Crippen LogP contribution in [-0.2, 0) is 4.08 Å². The SMILES string of the molecule is CC1(C)CC(C)(C)C2(c3ccccc3)SSC1S2. The van der Waals surface area contributed by atoms with Crippen LogP contribution < -0.4 is 0 Å². The van der Waals surface area contributed by atoms with Crippen LogP contribution >= 0.6 is 33.3 Å². The lowest BCUT2D eigenvalue weighted by atomic mass is 9.71. The van der Waals surface area contributed by atoms with Crippen molar-refractivity contribution in [2.24, 2.45) is 10.8 Å². The predicted molar refractivity (Wildman–Crippen MR) is 86.9 cm³/mol. The van der Waals surface area contributed by atoms with Gasteiger partial charge in [0.2, 0.25) is 0 Å². The first-order valence-corrected chi connectivity index (χ1v) is 9.55. The number of fused-ring (bicyclic) bond motifs is 2. The third kappa shape index (κ3) is 1.77. The molecule has 1 aromatic carbocycles. The minimum Gasteiger partial charge on any atom is -0.122 e. The molecular weight excluding hydrogens is 276 g/mol. The molecule has 1 aromatic rings. The van der Waals surface area contributed by atoms with Crippen LogP contribution in [0.25, 0.3) is 0 Å². The molecule has 2 saturated heterocycles. The fourth-order valence-electron chi connectivity index (χ4n) is 3.37. The molecule has 3 rings (SSSR count). The molecule has 18 heavy (non-hydrogen) atoms. The molecule has 2 atom stereocenters.